The maximum absolute atomic E-state index is 12.9. The topological polar surface area (TPSA) is 66.3 Å². The predicted molar refractivity (Wildman–Crippen MR) is 69.7 cm³/mol. The van der Waals surface area contributed by atoms with Crippen molar-refractivity contribution in [1.29, 1.82) is 0 Å². The highest BCUT2D eigenvalue weighted by molar-refractivity contribution is 5.78. The number of carboxylic acids is 1. The van der Waals surface area contributed by atoms with Crippen LogP contribution in [0.4, 0.5) is 10.3 Å². The van der Waals surface area contributed by atoms with Gasteiger partial charge >= 0.3 is 5.97 Å². The quantitative estimate of drug-likeness (QED) is 0.900. The molecule has 2 aromatic rings. The third-order valence-corrected chi connectivity index (χ3v) is 3.40. The number of aromatic nitrogens is 2. The maximum Gasteiger partial charge on any atom is 0.326 e. The van der Waals surface area contributed by atoms with Crippen molar-refractivity contribution < 1.29 is 14.3 Å². The number of halogens is 1. The molecule has 0 radical (unpaired) electrons. The molecule has 0 aliphatic carbocycles. The Labute approximate surface area is 114 Å². The van der Waals surface area contributed by atoms with E-state index in [2.05, 4.69) is 9.97 Å². The molecular formula is C14H12FN3O2. The smallest absolute Gasteiger partial charge is 0.326 e. The van der Waals surface area contributed by atoms with Crippen LogP contribution >= 0.6 is 0 Å². The van der Waals surface area contributed by atoms with Gasteiger partial charge in [-0.25, -0.2) is 19.2 Å². The number of aliphatic carboxylic acids is 1. The van der Waals surface area contributed by atoms with E-state index in [9.17, 15) is 14.3 Å². The Bertz CT molecular complexity index is 645. The first-order valence-electron chi connectivity index (χ1n) is 6.19. The number of fused-ring (bicyclic) bond motifs is 1. The van der Waals surface area contributed by atoms with Crippen LogP contribution in [0.3, 0.4) is 0 Å². The Morgan fingerprint density at radius 2 is 1.90 bits per heavy atom. The van der Waals surface area contributed by atoms with E-state index in [4.69, 9.17) is 0 Å². The van der Waals surface area contributed by atoms with Crippen LogP contribution in [0.5, 0.6) is 0 Å². The molecule has 1 aromatic carbocycles. The number of anilines is 1. The third-order valence-electron chi connectivity index (χ3n) is 3.40. The minimum Gasteiger partial charge on any atom is -0.480 e. The van der Waals surface area contributed by atoms with Gasteiger partial charge in [-0.2, -0.15) is 0 Å². The second kappa shape index (κ2) is 4.88. The molecule has 20 heavy (non-hydrogen) atoms. The second-order valence-electron chi connectivity index (χ2n) is 4.66. The van der Waals surface area contributed by atoms with Crippen molar-refractivity contribution in [3.8, 4) is 0 Å². The lowest BCUT2D eigenvalue weighted by Gasteiger charge is -2.34. The molecular weight excluding hydrogens is 261 g/mol. The fourth-order valence-corrected chi connectivity index (χ4v) is 2.41. The molecule has 5 nitrogen and oxygen atoms in total. The van der Waals surface area contributed by atoms with Gasteiger partial charge in [-0.3, -0.25) is 0 Å². The van der Waals surface area contributed by atoms with Gasteiger partial charge in [0.15, 0.2) is 5.82 Å². The number of carbonyl (C=O) groups is 1. The first-order valence-corrected chi connectivity index (χ1v) is 6.19. The number of rotatable bonds is 2. The highest BCUT2D eigenvalue weighted by Crippen LogP contribution is 2.26. The SMILES string of the molecule is O=C(O)C1Cc2ccccc2CN1c1ncc(F)cn1. The lowest BCUT2D eigenvalue weighted by molar-refractivity contribution is -0.138. The van der Waals surface area contributed by atoms with Gasteiger partial charge in [-0.1, -0.05) is 24.3 Å². The van der Waals surface area contributed by atoms with Crippen molar-refractivity contribution in [3.05, 3.63) is 53.6 Å². The van der Waals surface area contributed by atoms with E-state index in [-0.39, 0.29) is 5.95 Å². The van der Waals surface area contributed by atoms with Gasteiger partial charge < -0.3 is 10.0 Å². The summed E-state index contributed by atoms with van der Waals surface area (Å²) in [6.07, 6.45) is 2.47. The van der Waals surface area contributed by atoms with Gasteiger partial charge in [0.1, 0.15) is 6.04 Å². The molecule has 1 aliphatic rings. The zero-order valence-electron chi connectivity index (χ0n) is 10.5. The number of nitrogens with zero attached hydrogens (tertiary/aromatic N) is 3. The van der Waals surface area contributed by atoms with E-state index in [1.807, 2.05) is 24.3 Å². The van der Waals surface area contributed by atoms with E-state index < -0.39 is 17.8 Å². The average molecular weight is 273 g/mol. The van der Waals surface area contributed by atoms with E-state index in [1.54, 1.807) is 4.90 Å². The van der Waals surface area contributed by atoms with Crippen LogP contribution in [-0.4, -0.2) is 27.1 Å². The predicted octanol–water partition coefficient (Wildman–Crippen LogP) is 1.63. The van der Waals surface area contributed by atoms with Crippen molar-refractivity contribution in [3.63, 3.8) is 0 Å². The lowest BCUT2D eigenvalue weighted by Crippen LogP contribution is -2.46. The molecule has 0 fully saturated rings. The molecule has 1 aromatic heterocycles. The Kier molecular flexibility index (Phi) is 3.06. The number of carboxylic acid groups (broad SMARTS) is 1. The number of hydrogen-bond acceptors (Lipinski definition) is 4. The molecule has 102 valence electrons. The summed E-state index contributed by atoms with van der Waals surface area (Å²) in [6.45, 7) is 0.402. The first kappa shape index (κ1) is 12.5. The summed E-state index contributed by atoms with van der Waals surface area (Å²) in [6, 6.07) is 6.93. The van der Waals surface area contributed by atoms with Gasteiger partial charge in [0.05, 0.1) is 12.4 Å². The summed E-state index contributed by atoms with van der Waals surface area (Å²) in [5.74, 6) is -1.25. The Morgan fingerprint density at radius 3 is 2.55 bits per heavy atom. The molecule has 0 bridgehead atoms. The van der Waals surface area contributed by atoms with Gasteiger partial charge in [-0.05, 0) is 11.1 Å². The van der Waals surface area contributed by atoms with E-state index >= 15 is 0 Å². The monoisotopic (exact) mass is 273 g/mol. The van der Waals surface area contributed by atoms with Crippen LogP contribution in [0.2, 0.25) is 0 Å². The molecule has 0 spiro atoms. The summed E-state index contributed by atoms with van der Waals surface area (Å²) in [7, 11) is 0. The summed E-state index contributed by atoms with van der Waals surface area (Å²) in [5.41, 5.74) is 2.05. The van der Waals surface area contributed by atoms with Crippen molar-refractivity contribution >= 4 is 11.9 Å². The molecule has 0 saturated heterocycles. The fourth-order valence-electron chi connectivity index (χ4n) is 2.41. The molecule has 0 amide bonds. The van der Waals surface area contributed by atoms with Crippen LogP contribution < -0.4 is 4.90 Å². The highest BCUT2D eigenvalue weighted by Gasteiger charge is 2.32. The summed E-state index contributed by atoms with van der Waals surface area (Å²) < 4.78 is 12.9. The third kappa shape index (κ3) is 2.20. The van der Waals surface area contributed by atoms with E-state index in [1.165, 1.54) is 0 Å². The fraction of sp³-hybridized carbons (Fsp3) is 0.214. The minimum absolute atomic E-state index is 0.230. The Balaban J connectivity index is 2.00. The van der Waals surface area contributed by atoms with Crippen molar-refractivity contribution in [2.45, 2.75) is 19.0 Å². The molecule has 1 N–H and O–H groups in total. The lowest BCUT2D eigenvalue weighted by atomic mass is 9.94. The number of hydrogen-bond donors (Lipinski definition) is 1. The van der Waals surface area contributed by atoms with Crippen LogP contribution in [0, 0.1) is 5.82 Å². The van der Waals surface area contributed by atoms with Crippen LogP contribution in [0.25, 0.3) is 0 Å². The summed E-state index contributed by atoms with van der Waals surface area (Å²) in [4.78, 5) is 20.8. The number of benzene rings is 1. The first-order chi connectivity index (χ1) is 9.65. The molecule has 2 heterocycles. The van der Waals surface area contributed by atoms with E-state index in [0.29, 0.717) is 13.0 Å². The van der Waals surface area contributed by atoms with Crippen LogP contribution in [0.15, 0.2) is 36.7 Å². The van der Waals surface area contributed by atoms with Crippen molar-refractivity contribution in [2.75, 3.05) is 4.90 Å². The zero-order chi connectivity index (χ0) is 14.1. The maximum atomic E-state index is 12.9. The van der Waals surface area contributed by atoms with Crippen molar-refractivity contribution in [2.24, 2.45) is 0 Å². The van der Waals surface area contributed by atoms with Gasteiger partial charge in [-0.15, -0.1) is 0 Å². The van der Waals surface area contributed by atoms with Gasteiger partial charge in [0.25, 0.3) is 0 Å². The zero-order valence-corrected chi connectivity index (χ0v) is 10.5. The normalized spacial score (nSPS) is 17.6. The standard InChI is InChI=1S/C14H12FN3O2/c15-11-6-16-14(17-7-11)18-8-10-4-2-1-3-9(10)5-12(18)13(19)20/h1-4,6-7,12H,5,8H2,(H,19,20). The summed E-state index contributed by atoms with van der Waals surface area (Å²) in [5, 5.41) is 9.38. The molecule has 0 saturated carbocycles. The average Bonchev–Trinajstić information content (AvgIpc) is 2.46. The molecule has 1 unspecified atom stereocenters. The molecule has 3 rings (SSSR count). The summed E-state index contributed by atoms with van der Waals surface area (Å²) >= 11 is 0. The van der Waals surface area contributed by atoms with Crippen LogP contribution in [-0.2, 0) is 17.8 Å². The van der Waals surface area contributed by atoms with Gasteiger partial charge in [0.2, 0.25) is 5.95 Å². The van der Waals surface area contributed by atoms with E-state index in [0.717, 1.165) is 23.5 Å². The Morgan fingerprint density at radius 1 is 1.25 bits per heavy atom. The molecule has 6 heteroatoms. The molecule has 1 aliphatic heterocycles. The minimum atomic E-state index is -0.938. The Hall–Kier alpha value is -2.50. The highest BCUT2D eigenvalue weighted by atomic mass is 19.1. The van der Waals surface area contributed by atoms with Gasteiger partial charge in [0, 0.05) is 13.0 Å². The van der Waals surface area contributed by atoms with Crippen LogP contribution in [0.1, 0.15) is 11.1 Å². The second-order valence-corrected chi connectivity index (χ2v) is 4.66. The van der Waals surface area contributed by atoms with Crippen molar-refractivity contribution in [1.82, 2.24) is 9.97 Å². The molecule has 1 atom stereocenters. The largest absolute Gasteiger partial charge is 0.480 e.